The molecule has 2 rings (SSSR count). The van der Waals surface area contributed by atoms with Crippen molar-refractivity contribution in [2.45, 2.75) is 6.92 Å². The monoisotopic (exact) mass is 168 g/mol. The largest absolute Gasteiger partial charge is 0.259 e. The van der Waals surface area contributed by atoms with Gasteiger partial charge in [-0.15, -0.1) is 6.42 Å². The van der Waals surface area contributed by atoms with Gasteiger partial charge in [0.1, 0.15) is 0 Å². The highest BCUT2D eigenvalue weighted by Gasteiger charge is 1.98. The first-order chi connectivity index (χ1) is 6.31. The summed E-state index contributed by atoms with van der Waals surface area (Å²) >= 11 is 0. The molecule has 0 aromatic carbocycles. The van der Waals surface area contributed by atoms with Crippen molar-refractivity contribution in [1.29, 1.82) is 0 Å². The Kier molecular flexibility index (Phi) is 1.71. The number of hydrogen-bond donors (Lipinski definition) is 0. The third-order valence-electron chi connectivity index (χ3n) is 1.95. The summed E-state index contributed by atoms with van der Waals surface area (Å²) < 4.78 is 0. The van der Waals surface area contributed by atoms with Crippen molar-refractivity contribution in [3.8, 4) is 12.3 Å². The predicted octanol–water partition coefficient (Wildman–Crippen LogP) is 1.92. The van der Waals surface area contributed by atoms with Gasteiger partial charge < -0.3 is 0 Å². The Balaban J connectivity index is 2.82. The van der Waals surface area contributed by atoms with E-state index in [4.69, 9.17) is 6.42 Å². The molecule has 0 spiro atoms. The second-order valence-corrected chi connectivity index (χ2v) is 2.84. The van der Waals surface area contributed by atoms with Crippen molar-refractivity contribution in [3.05, 3.63) is 35.8 Å². The van der Waals surface area contributed by atoms with Gasteiger partial charge in [-0.25, -0.2) is 0 Å². The molecule has 13 heavy (non-hydrogen) atoms. The number of aromatic nitrogens is 2. The van der Waals surface area contributed by atoms with Crippen LogP contribution in [-0.4, -0.2) is 9.97 Å². The zero-order valence-corrected chi connectivity index (χ0v) is 7.28. The van der Waals surface area contributed by atoms with Crippen LogP contribution in [0.15, 0.2) is 24.5 Å². The molecule has 0 saturated carbocycles. The van der Waals surface area contributed by atoms with Crippen LogP contribution in [0.1, 0.15) is 11.3 Å². The molecule has 62 valence electrons. The first-order valence-electron chi connectivity index (χ1n) is 3.99. The molecule has 0 aliphatic rings. The van der Waals surface area contributed by atoms with E-state index in [0.29, 0.717) is 0 Å². The SMILES string of the molecule is C#Cc1cnc2c(C)nccc2c1. The van der Waals surface area contributed by atoms with Gasteiger partial charge in [-0.1, -0.05) is 5.92 Å². The second kappa shape index (κ2) is 2.87. The number of hydrogen-bond acceptors (Lipinski definition) is 2. The van der Waals surface area contributed by atoms with Gasteiger partial charge in [-0.2, -0.15) is 0 Å². The summed E-state index contributed by atoms with van der Waals surface area (Å²) in [5.74, 6) is 2.56. The van der Waals surface area contributed by atoms with E-state index in [9.17, 15) is 0 Å². The highest BCUT2D eigenvalue weighted by Crippen LogP contribution is 2.14. The van der Waals surface area contributed by atoms with Gasteiger partial charge in [0.2, 0.25) is 0 Å². The number of nitrogens with zero attached hydrogens (tertiary/aromatic N) is 2. The lowest BCUT2D eigenvalue weighted by atomic mass is 10.2. The highest BCUT2D eigenvalue weighted by atomic mass is 14.7. The Labute approximate surface area is 76.6 Å². The van der Waals surface area contributed by atoms with Crippen molar-refractivity contribution < 1.29 is 0 Å². The third kappa shape index (κ3) is 1.25. The predicted molar refractivity (Wildman–Crippen MR) is 52.2 cm³/mol. The van der Waals surface area contributed by atoms with Crippen LogP contribution < -0.4 is 0 Å². The number of fused-ring (bicyclic) bond motifs is 1. The zero-order chi connectivity index (χ0) is 9.26. The maximum Gasteiger partial charge on any atom is 0.0915 e. The van der Waals surface area contributed by atoms with Gasteiger partial charge in [0.05, 0.1) is 11.2 Å². The van der Waals surface area contributed by atoms with E-state index < -0.39 is 0 Å². The van der Waals surface area contributed by atoms with E-state index in [1.165, 1.54) is 0 Å². The molecule has 0 aliphatic heterocycles. The van der Waals surface area contributed by atoms with Crippen LogP contribution in [-0.2, 0) is 0 Å². The Morgan fingerprint density at radius 3 is 3.00 bits per heavy atom. The number of pyridine rings is 2. The van der Waals surface area contributed by atoms with E-state index in [2.05, 4.69) is 15.9 Å². The number of aryl methyl sites for hydroxylation is 1. The van der Waals surface area contributed by atoms with Crippen molar-refractivity contribution >= 4 is 10.9 Å². The van der Waals surface area contributed by atoms with Crippen molar-refractivity contribution in [2.75, 3.05) is 0 Å². The minimum Gasteiger partial charge on any atom is -0.259 e. The topological polar surface area (TPSA) is 25.8 Å². The molecule has 0 amide bonds. The summed E-state index contributed by atoms with van der Waals surface area (Å²) in [7, 11) is 0. The molecule has 0 atom stereocenters. The fourth-order valence-electron chi connectivity index (χ4n) is 1.28. The molecule has 0 fully saturated rings. The van der Waals surface area contributed by atoms with E-state index in [0.717, 1.165) is 22.2 Å². The standard InChI is InChI=1S/C11H8N2/c1-3-9-6-10-4-5-12-8(2)11(10)13-7-9/h1,4-7H,2H3. The van der Waals surface area contributed by atoms with Crippen LogP contribution in [0.25, 0.3) is 10.9 Å². The molecule has 2 nitrogen and oxygen atoms in total. The average molecular weight is 168 g/mol. The summed E-state index contributed by atoms with van der Waals surface area (Å²) in [5.41, 5.74) is 2.65. The first-order valence-corrected chi connectivity index (χ1v) is 3.99. The van der Waals surface area contributed by atoms with Crippen LogP contribution in [0, 0.1) is 19.3 Å². The summed E-state index contributed by atoms with van der Waals surface area (Å²) in [4.78, 5) is 8.40. The van der Waals surface area contributed by atoms with Gasteiger partial charge in [0.15, 0.2) is 0 Å². The third-order valence-corrected chi connectivity index (χ3v) is 1.95. The average Bonchev–Trinajstić information content (AvgIpc) is 2.18. The minimum absolute atomic E-state index is 0.804. The van der Waals surface area contributed by atoms with E-state index in [1.54, 1.807) is 12.4 Å². The van der Waals surface area contributed by atoms with E-state index in [1.807, 2.05) is 19.1 Å². The molecule has 0 N–H and O–H groups in total. The van der Waals surface area contributed by atoms with Crippen LogP contribution in [0.2, 0.25) is 0 Å². The first kappa shape index (κ1) is 7.75. The summed E-state index contributed by atoms with van der Waals surface area (Å²) in [5, 5.41) is 1.04. The van der Waals surface area contributed by atoms with Crippen LogP contribution in [0.3, 0.4) is 0 Å². The molecule has 2 heteroatoms. The quantitative estimate of drug-likeness (QED) is 0.561. The molecule has 0 bridgehead atoms. The van der Waals surface area contributed by atoms with Gasteiger partial charge in [-0.05, 0) is 19.1 Å². The van der Waals surface area contributed by atoms with Gasteiger partial charge >= 0.3 is 0 Å². The lowest BCUT2D eigenvalue weighted by molar-refractivity contribution is 1.20. The lowest BCUT2D eigenvalue weighted by Gasteiger charge is -1.99. The molecule has 2 heterocycles. The Morgan fingerprint density at radius 1 is 1.38 bits per heavy atom. The van der Waals surface area contributed by atoms with Crippen LogP contribution >= 0.6 is 0 Å². The highest BCUT2D eigenvalue weighted by molar-refractivity contribution is 5.81. The van der Waals surface area contributed by atoms with Crippen LogP contribution in [0.5, 0.6) is 0 Å². The van der Waals surface area contributed by atoms with Gasteiger partial charge in [0.25, 0.3) is 0 Å². The maximum atomic E-state index is 5.27. The fourth-order valence-corrected chi connectivity index (χ4v) is 1.28. The minimum atomic E-state index is 0.804. The summed E-state index contributed by atoms with van der Waals surface area (Å²) in [6.07, 6.45) is 8.73. The van der Waals surface area contributed by atoms with Gasteiger partial charge in [0, 0.05) is 23.3 Å². The van der Waals surface area contributed by atoms with Crippen molar-refractivity contribution in [2.24, 2.45) is 0 Å². The lowest BCUT2D eigenvalue weighted by Crippen LogP contribution is -1.87. The van der Waals surface area contributed by atoms with Crippen LogP contribution in [0.4, 0.5) is 0 Å². The second-order valence-electron chi connectivity index (χ2n) is 2.84. The normalized spacial score (nSPS) is 9.85. The number of rotatable bonds is 0. The number of terminal acetylenes is 1. The Morgan fingerprint density at radius 2 is 2.23 bits per heavy atom. The summed E-state index contributed by atoms with van der Waals surface area (Å²) in [6, 6.07) is 3.85. The Hall–Kier alpha value is -1.88. The molecule has 0 saturated heterocycles. The Bertz CT molecular complexity index is 495. The molecule has 0 aliphatic carbocycles. The van der Waals surface area contributed by atoms with E-state index in [-0.39, 0.29) is 0 Å². The van der Waals surface area contributed by atoms with Crippen molar-refractivity contribution in [1.82, 2.24) is 9.97 Å². The summed E-state index contributed by atoms with van der Waals surface area (Å²) in [6.45, 7) is 1.94. The molecular weight excluding hydrogens is 160 g/mol. The fraction of sp³-hybridized carbons (Fsp3) is 0.0909. The smallest absolute Gasteiger partial charge is 0.0915 e. The van der Waals surface area contributed by atoms with Crippen molar-refractivity contribution in [3.63, 3.8) is 0 Å². The molecular formula is C11H8N2. The molecule has 2 aromatic heterocycles. The zero-order valence-electron chi connectivity index (χ0n) is 7.28. The molecule has 0 radical (unpaired) electrons. The molecule has 0 unspecified atom stereocenters. The maximum absolute atomic E-state index is 5.27. The van der Waals surface area contributed by atoms with E-state index >= 15 is 0 Å². The molecule has 2 aromatic rings. The van der Waals surface area contributed by atoms with Gasteiger partial charge in [-0.3, -0.25) is 9.97 Å².